The second kappa shape index (κ2) is 9.45. The van der Waals surface area contributed by atoms with Crippen LogP contribution >= 0.6 is 11.3 Å². The average Bonchev–Trinajstić information content (AvgIpc) is 3.47. The third-order valence-corrected chi connectivity index (χ3v) is 8.30. The normalized spacial score (nSPS) is 11.3. The van der Waals surface area contributed by atoms with Crippen molar-refractivity contribution >= 4 is 33.4 Å². The fourth-order valence-corrected chi connectivity index (χ4v) is 6.37. The van der Waals surface area contributed by atoms with Crippen LogP contribution < -0.4 is 0 Å². The molecule has 5 heterocycles. The summed E-state index contributed by atoms with van der Waals surface area (Å²) in [5.74, 6) is 0. The SMILES string of the molecule is Cc1c(-c2ccc(-c3cccc(-c4cncc5nccnc45)c3C)s2)cccc1-c1cncc2nccnc12. The molecule has 0 fully saturated rings. The van der Waals surface area contributed by atoms with Gasteiger partial charge in [-0.25, -0.2) is 0 Å². The van der Waals surface area contributed by atoms with Gasteiger partial charge in [-0.1, -0.05) is 36.4 Å². The van der Waals surface area contributed by atoms with E-state index >= 15 is 0 Å². The Morgan fingerprint density at radius 1 is 0.462 bits per heavy atom. The molecule has 7 rings (SSSR count). The summed E-state index contributed by atoms with van der Waals surface area (Å²) in [5, 5.41) is 0. The van der Waals surface area contributed by atoms with Crippen LogP contribution in [0.25, 0.3) is 65.2 Å². The third kappa shape index (κ3) is 3.95. The smallest absolute Gasteiger partial charge is 0.108 e. The van der Waals surface area contributed by atoms with E-state index in [0.29, 0.717) is 0 Å². The zero-order valence-electron chi connectivity index (χ0n) is 21.3. The summed E-state index contributed by atoms with van der Waals surface area (Å²) >= 11 is 1.80. The van der Waals surface area contributed by atoms with Crippen molar-refractivity contribution in [3.05, 3.63) is 109 Å². The molecular weight excluding hydrogens is 500 g/mol. The van der Waals surface area contributed by atoms with Crippen molar-refractivity contribution in [3.8, 4) is 43.1 Å². The Labute approximate surface area is 229 Å². The van der Waals surface area contributed by atoms with E-state index in [-0.39, 0.29) is 0 Å². The van der Waals surface area contributed by atoms with Crippen LogP contribution in [-0.2, 0) is 0 Å². The van der Waals surface area contributed by atoms with Crippen molar-refractivity contribution in [3.63, 3.8) is 0 Å². The van der Waals surface area contributed by atoms with Crippen LogP contribution in [0.3, 0.4) is 0 Å². The number of benzene rings is 2. The number of rotatable bonds is 4. The summed E-state index contributed by atoms with van der Waals surface area (Å²) in [7, 11) is 0. The summed E-state index contributed by atoms with van der Waals surface area (Å²) in [6.45, 7) is 4.33. The molecule has 0 aliphatic heterocycles. The highest BCUT2D eigenvalue weighted by atomic mass is 32.1. The summed E-state index contributed by atoms with van der Waals surface area (Å²) in [6, 6.07) is 17.3. The van der Waals surface area contributed by atoms with Crippen molar-refractivity contribution < 1.29 is 0 Å². The second-order valence-corrected chi connectivity index (χ2v) is 10.4. The molecule has 0 saturated carbocycles. The van der Waals surface area contributed by atoms with E-state index in [4.69, 9.17) is 0 Å². The maximum Gasteiger partial charge on any atom is 0.108 e. The van der Waals surface area contributed by atoms with Gasteiger partial charge in [0.25, 0.3) is 0 Å². The largest absolute Gasteiger partial charge is 0.262 e. The standard InChI is InChI=1S/C32H22N6S/c1-19-21(25-15-33-17-27-31(25)37-13-11-35-27)5-3-7-23(19)29-9-10-30(39-29)24-8-4-6-22(20(24)2)26-16-34-18-28-32(26)38-14-12-36-28/h3-18H,1-2H3. The molecule has 0 aliphatic carbocycles. The zero-order chi connectivity index (χ0) is 26.3. The van der Waals surface area contributed by atoms with Crippen molar-refractivity contribution in [1.82, 2.24) is 29.9 Å². The van der Waals surface area contributed by atoms with Crippen LogP contribution in [0.5, 0.6) is 0 Å². The molecular formula is C32H22N6S. The first kappa shape index (κ1) is 23.3. The molecule has 186 valence electrons. The lowest BCUT2D eigenvalue weighted by Crippen LogP contribution is -1.92. The van der Waals surface area contributed by atoms with Crippen molar-refractivity contribution in [2.75, 3.05) is 0 Å². The Hall–Kier alpha value is -4.88. The van der Waals surface area contributed by atoms with E-state index in [1.165, 1.54) is 32.0 Å². The molecule has 0 bridgehead atoms. The van der Waals surface area contributed by atoms with E-state index in [1.807, 2.05) is 12.4 Å². The van der Waals surface area contributed by atoms with Crippen LogP contribution in [0, 0.1) is 13.8 Å². The summed E-state index contributed by atoms with van der Waals surface area (Å²) < 4.78 is 0. The van der Waals surface area contributed by atoms with Gasteiger partial charge in [0.15, 0.2) is 0 Å². The molecule has 7 aromatic rings. The summed E-state index contributed by atoms with van der Waals surface area (Å²) in [6.07, 6.45) is 14.1. The van der Waals surface area contributed by atoms with Gasteiger partial charge < -0.3 is 0 Å². The van der Waals surface area contributed by atoms with Gasteiger partial charge >= 0.3 is 0 Å². The minimum atomic E-state index is 0.793. The lowest BCUT2D eigenvalue weighted by molar-refractivity contribution is 1.25. The molecule has 0 amide bonds. The van der Waals surface area contributed by atoms with Crippen LogP contribution in [0.15, 0.2) is 98.1 Å². The highest BCUT2D eigenvalue weighted by Crippen LogP contribution is 2.41. The number of hydrogen-bond donors (Lipinski definition) is 0. The van der Waals surface area contributed by atoms with E-state index in [2.05, 4.69) is 92.3 Å². The van der Waals surface area contributed by atoms with Crippen LogP contribution in [0.2, 0.25) is 0 Å². The maximum absolute atomic E-state index is 4.59. The molecule has 5 aromatic heterocycles. The van der Waals surface area contributed by atoms with Crippen LogP contribution in [-0.4, -0.2) is 29.9 Å². The Morgan fingerprint density at radius 2 is 0.897 bits per heavy atom. The highest BCUT2D eigenvalue weighted by Gasteiger charge is 2.16. The van der Waals surface area contributed by atoms with Gasteiger partial charge in [-0.15, -0.1) is 11.3 Å². The van der Waals surface area contributed by atoms with E-state index in [0.717, 1.165) is 44.3 Å². The molecule has 0 unspecified atom stereocenters. The van der Waals surface area contributed by atoms with Gasteiger partial charge in [-0.2, -0.15) is 0 Å². The predicted octanol–water partition coefficient (Wildman–Crippen LogP) is 7.71. The highest BCUT2D eigenvalue weighted by molar-refractivity contribution is 7.18. The average molecular weight is 523 g/mol. The first-order valence-electron chi connectivity index (χ1n) is 12.6. The number of nitrogens with zero attached hydrogens (tertiary/aromatic N) is 6. The molecule has 7 heteroatoms. The van der Waals surface area contributed by atoms with E-state index < -0.39 is 0 Å². The predicted molar refractivity (Wildman–Crippen MR) is 157 cm³/mol. The molecule has 0 N–H and O–H groups in total. The minimum absolute atomic E-state index is 0.793. The number of fused-ring (bicyclic) bond motifs is 2. The van der Waals surface area contributed by atoms with Gasteiger partial charge in [0.1, 0.15) is 11.0 Å². The van der Waals surface area contributed by atoms with E-state index in [1.54, 1.807) is 48.5 Å². The quantitative estimate of drug-likeness (QED) is 0.236. The van der Waals surface area contributed by atoms with Gasteiger partial charge in [-0.05, 0) is 59.4 Å². The second-order valence-electron chi connectivity index (χ2n) is 9.34. The molecule has 39 heavy (non-hydrogen) atoms. The lowest BCUT2D eigenvalue weighted by atomic mass is 9.95. The van der Waals surface area contributed by atoms with Crippen LogP contribution in [0.1, 0.15) is 11.1 Å². The van der Waals surface area contributed by atoms with Gasteiger partial charge in [0.2, 0.25) is 0 Å². The topological polar surface area (TPSA) is 77.3 Å². The fourth-order valence-electron chi connectivity index (χ4n) is 5.20. The Bertz CT molecular complexity index is 1860. The van der Waals surface area contributed by atoms with Crippen molar-refractivity contribution in [2.45, 2.75) is 13.8 Å². The molecule has 0 saturated heterocycles. The molecule has 0 aliphatic rings. The number of aromatic nitrogens is 6. The summed E-state index contributed by atoms with van der Waals surface area (Å²) in [5.41, 5.74) is 12.3. The number of pyridine rings is 2. The lowest BCUT2D eigenvalue weighted by Gasteiger charge is -2.12. The Kier molecular flexibility index (Phi) is 5.64. The monoisotopic (exact) mass is 522 g/mol. The van der Waals surface area contributed by atoms with Crippen molar-refractivity contribution in [1.29, 1.82) is 0 Å². The number of hydrogen-bond acceptors (Lipinski definition) is 7. The Balaban J connectivity index is 1.31. The summed E-state index contributed by atoms with van der Waals surface area (Å²) in [4.78, 5) is 29.3. The Morgan fingerprint density at radius 3 is 1.38 bits per heavy atom. The van der Waals surface area contributed by atoms with Gasteiger partial charge in [0.05, 0.1) is 23.4 Å². The van der Waals surface area contributed by atoms with Crippen molar-refractivity contribution in [2.24, 2.45) is 0 Å². The molecule has 2 aromatic carbocycles. The molecule has 0 atom stereocenters. The zero-order valence-corrected chi connectivity index (χ0v) is 22.1. The van der Waals surface area contributed by atoms with Gasteiger partial charge in [-0.3, -0.25) is 29.9 Å². The molecule has 0 radical (unpaired) electrons. The maximum atomic E-state index is 4.59. The molecule has 6 nitrogen and oxygen atoms in total. The molecule has 0 spiro atoms. The van der Waals surface area contributed by atoms with Gasteiger partial charge in [0, 0.05) is 58.1 Å². The first-order chi connectivity index (χ1) is 19.2. The van der Waals surface area contributed by atoms with E-state index in [9.17, 15) is 0 Å². The number of thiophene rings is 1. The third-order valence-electron chi connectivity index (χ3n) is 7.15. The minimum Gasteiger partial charge on any atom is -0.262 e. The first-order valence-corrected chi connectivity index (χ1v) is 13.4. The fraction of sp³-hybridized carbons (Fsp3) is 0.0625. The van der Waals surface area contributed by atoms with Crippen LogP contribution in [0.4, 0.5) is 0 Å².